The molecule has 2 aliphatic carbocycles. The normalized spacial score (nSPS) is 24.2. The topological polar surface area (TPSA) is 192 Å². The Kier molecular flexibility index (Phi) is 11.9. The Morgan fingerprint density at radius 3 is 2.52 bits per heavy atom. The zero-order valence-corrected chi connectivity index (χ0v) is 39.7. The summed E-state index contributed by atoms with van der Waals surface area (Å²) in [6.45, 7) is 9.27. The Bertz CT molecular complexity index is 2830. The van der Waals surface area contributed by atoms with Gasteiger partial charge >= 0.3 is 0 Å². The number of likely N-dealkylation sites (tertiary alicyclic amines) is 1. The predicted octanol–water partition coefficient (Wildman–Crippen LogP) is 9.86. The molecule has 5 aromatic rings. The van der Waals surface area contributed by atoms with E-state index in [2.05, 4.69) is 67.9 Å². The monoisotopic (exact) mass is 951 g/mol. The van der Waals surface area contributed by atoms with Gasteiger partial charge in [-0.1, -0.05) is 49.7 Å². The van der Waals surface area contributed by atoms with E-state index in [1.165, 1.54) is 48.9 Å². The number of fused-ring (bicyclic) bond motifs is 2. The van der Waals surface area contributed by atoms with Crippen molar-refractivity contribution >= 4 is 55.6 Å². The Morgan fingerprint density at radius 2 is 1.78 bits per heavy atom. The van der Waals surface area contributed by atoms with Crippen LogP contribution in [-0.2, 0) is 10.0 Å². The fourth-order valence-electron chi connectivity index (χ4n) is 11.5. The number of aliphatic hydroxyl groups is 1. The van der Waals surface area contributed by atoms with Gasteiger partial charge in [0.25, 0.3) is 21.6 Å². The first-order valence-corrected chi connectivity index (χ1v) is 25.5. The second-order valence-electron chi connectivity index (χ2n) is 20.1. The lowest BCUT2D eigenvalue weighted by molar-refractivity contribution is -0.384. The van der Waals surface area contributed by atoms with Crippen molar-refractivity contribution in [2.45, 2.75) is 120 Å². The third kappa shape index (κ3) is 8.93. The molecule has 0 bridgehead atoms. The Labute approximate surface area is 395 Å². The van der Waals surface area contributed by atoms with Crippen molar-refractivity contribution in [3.05, 3.63) is 105 Å². The van der Waals surface area contributed by atoms with Crippen LogP contribution in [0.2, 0.25) is 5.15 Å². The van der Waals surface area contributed by atoms with Gasteiger partial charge < -0.3 is 29.8 Å². The SMILES string of the molecule is CC(C)c1ccccc1[C@@H]1CCCN1C1CC2(CCN(c3ccc(C(=O)NS(=O)(=O)c4cc5c(c([N+](=O)[O-])c4)N[C@@H](C4CCC(C)(O)CC4)CO5)c(Oc4cc5cc[nH]c5nc4Cl)c3)CC2)C1. The first-order valence-electron chi connectivity index (χ1n) is 23.6. The number of H-pyrrole nitrogens is 1. The lowest BCUT2D eigenvalue weighted by Crippen LogP contribution is -2.54. The molecule has 67 heavy (non-hydrogen) atoms. The summed E-state index contributed by atoms with van der Waals surface area (Å²) in [5.41, 5.74) is 3.30. The smallest absolute Gasteiger partial charge is 0.297 e. The van der Waals surface area contributed by atoms with E-state index in [9.17, 15) is 28.4 Å². The number of halogens is 1. The number of pyridine rings is 1. The molecule has 2 atom stereocenters. The van der Waals surface area contributed by atoms with E-state index in [4.69, 9.17) is 21.1 Å². The number of sulfonamides is 1. The largest absolute Gasteiger partial charge is 0.489 e. The number of ether oxygens (including phenoxy) is 2. The lowest BCUT2D eigenvalue weighted by Gasteiger charge is -2.56. The number of amides is 1. The number of aromatic nitrogens is 2. The van der Waals surface area contributed by atoms with Crippen LogP contribution in [-0.4, -0.2) is 83.1 Å². The summed E-state index contributed by atoms with van der Waals surface area (Å²) in [5.74, 6) is -0.197. The molecule has 0 unspecified atom stereocenters. The zero-order chi connectivity index (χ0) is 46.8. The summed E-state index contributed by atoms with van der Waals surface area (Å²) >= 11 is 6.61. The summed E-state index contributed by atoms with van der Waals surface area (Å²) in [5, 5.41) is 26.8. The number of hydrogen-bond donors (Lipinski definition) is 4. The number of anilines is 2. The molecule has 3 aliphatic heterocycles. The minimum absolute atomic E-state index is 0.00914. The molecule has 1 spiro atoms. The first kappa shape index (κ1) is 45.4. The van der Waals surface area contributed by atoms with E-state index >= 15 is 0 Å². The molecule has 3 aromatic carbocycles. The van der Waals surface area contributed by atoms with Gasteiger partial charge in [0.2, 0.25) is 0 Å². The van der Waals surface area contributed by atoms with E-state index in [-0.39, 0.29) is 57.6 Å². The van der Waals surface area contributed by atoms with Crippen LogP contribution >= 0.6 is 11.6 Å². The molecule has 354 valence electrons. The molecule has 2 saturated heterocycles. The summed E-state index contributed by atoms with van der Waals surface area (Å²) in [6, 6.07) is 20.4. The van der Waals surface area contributed by atoms with E-state index in [0.717, 1.165) is 49.6 Å². The number of nitro benzene ring substituents is 1. The molecule has 5 heterocycles. The number of rotatable bonds is 11. The molecule has 17 heteroatoms. The van der Waals surface area contributed by atoms with Gasteiger partial charge in [-0.25, -0.2) is 18.1 Å². The fraction of sp³-hybridized carbons (Fsp3) is 0.480. The van der Waals surface area contributed by atoms with E-state index in [0.29, 0.717) is 49.3 Å². The average molecular weight is 953 g/mol. The maximum Gasteiger partial charge on any atom is 0.297 e. The van der Waals surface area contributed by atoms with Crippen LogP contribution in [0.1, 0.15) is 118 Å². The summed E-state index contributed by atoms with van der Waals surface area (Å²) < 4.78 is 42.5. The first-order chi connectivity index (χ1) is 32.1. The number of nitrogens with zero attached hydrogens (tertiary/aromatic N) is 4. The van der Waals surface area contributed by atoms with Crippen molar-refractivity contribution < 1.29 is 32.7 Å². The number of aromatic amines is 1. The maximum absolute atomic E-state index is 14.2. The summed E-state index contributed by atoms with van der Waals surface area (Å²) in [6.07, 6.45) is 11.2. The molecule has 4 N–H and O–H groups in total. The molecule has 2 aromatic heterocycles. The van der Waals surface area contributed by atoms with Gasteiger partial charge in [0, 0.05) is 60.6 Å². The van der Waals surface area contributed by atoms with Crippen molar-refractivity contribution in [3.63, 3.8) is 0 Å². The number of hydrogen-bond acceptors (Lipinski definition) is 12. The Hall–Kier alpha value is -5.42. The van der Waals surface area contributed by atoms with Crippen LogP contribution < -0.4 is 24.4 Å². The Morgan fingerprint density at radius 1 is 1.01 bits per heavy atom. The maximum atomic E-state index is 14.2. The van der Waals surface area contributed by atoms with Crippen LogP contribution in [0, 0.1) is 21.4 Å². The molecule has 10 rings (SSSR count). The number of carbonyl (C=O) groups is 1. The molecule has 0 radical (unpaired) electrons. The highest BCUT2D eigenvalue weighted by Crippen LogP contribution is 2.54. The number of nitrogens with one attached hydrogen (secondary N) is 3. The molecular weight excluding hydrogens is 894 g/mol. The van der Waals surface area contributed by atoms with E-state index < -0.39 is 37.0 Å². The van der Waals surface area contributed by atoms with Gasteiger partial charge in [0.05, 0.1) is 27.0 Å². The molecule has 2 saturated carbocycles. The third-order valence-corrected chi connectivity index (χ3v) is 16.9. The zero-order valence-electron chi connectivity index (χ0n) is 38.1. The molecule has 4 fully saturated rings. The quantitative estimate of drug-likeness (QED) is 0.0558. The number of nitro groups is 1. The third-order valence-electron chi connectivity index (χ3n) is 15.4. The van der Waals surface area contributed by atoms with Crippen molar-refractivity contribution in [1.29, 1.82) is 0 Å². The number of benzene rings is 3. The minimum Gasteiger partial charge on any atom is -0.489 e. The van der Waals surface area contributed by atoms with Crippen LogP contribution in [0.3, 0.4) is 0 Å². The highest BCUT2D eigenvalue weighted by Gasteiger charge is 2.50. The van der Waals surface area contributed by atoms with Crippen LogP contribution in [0.25, 0.3) is 11.0 Å². The number of carbonyl (C=O) groups excluding carboxylic acids is 1. The predicted molar refractivity (Wildman–Crippen MR) is 257 cm³/mol. The average Bonchev–Trinajstić information content (AvgIpc) is 3.97. The fourth-order valence-corrected chi connectivity index (χ4v) is 12.7. The van der Waals surface area contributed by atoms with Gasteiger partial charge in [-0.15, -0.1) is 0 Å². The van der Waals surface area contributed by atoms with Crippen molar-refractivity contribution in [3.8, 4) is 17.2 Å². The summed E-state index contributed by atoms with van der Waals surface area (Å²) in [7, 11) is -4.69. The van der Waals surface area contributed by atoms with E-state index in [1.54, 1.807) is 31.3 Å². The Balaban J connectivity index is 0.866. The highest BCUT2D eigenvalue weighted by atomic mass is 35.5. The highest BCUT2D eigenvalue weighted by molar-refractivity contribution is 7.90. The second-order valence-corrected chi connectivity index (χ2v) is 22.1. The van der Waals surface area contributed by atoms with Crippen LogP contribution in [0.4, 0.5) is 17.1 Å². The lowest BCUT2D eigenvalue weighted by atomic mass is 9.59. The second kappa shape index (κ2) is 17.6. The summed E-state index contributed by atoms with van der Waals surface area (Å²) in [4.78, 5) is 37.9. The molecule has 15 nitrogen and oxygen atoms in total. The minimum atomic E-state index is -4.69. The van der Waals surface area contributed by atoms with Crippen LogP contribution in [0.5, 0.6) is 17.2 Å². The van der Waals surface area contributed by atoms with Crippen molar-refractivity contribution in [2.75, 3.05) is 36.5 Å². The number of piperidine rings is 1. The molecule has 5 aliphatic rings. The molecule has 1 amide bonds. The van der Waals surface area contributed by atoms with Gasteiger partial charge in [-0.05, 0) is 130 Å². The van der Waals surface area contributed by atoms with E-state index in [1.807, 2.05) is 6.07 Å². The van der Waals surface area contributed by atoms with Gasteiger partial charge in [-0.2, -0.15) is 0 Å². The van der Waals surface area contributed by atoms with Gasteiger partial charge in [-0.3, -0.25) is 19.8 Å². The van der Waals surface area contributed by atoms with Crippen molar-refractivity contribution in [1.82, 2.24) is 19.6 Å². The molecular formula is C50H58ClN7O8S. The van der Waals surface area contributed by atoms with Gasteiger partial charge in [0.15, 0.2) is 22.3 Å². The standard InChI is InChI=1S/C50H58ClN7O8S/c1-30(2)36-7-4-5-8-37(36)40-9-6-20-57(40)34-27-50(28-34)17-21-56(22-18-50)33-10-11-38(42(24-33)66-44-23-32-14-19-52-47(32)54-46(44)51)48(59)55-67(63,64)35-25-41(58(61)62)45-43(26-35)65-29-39(53-45)31-12-15-49(3,60)16-13-31/h4-5,7-8,10-11,14,19,23-26,30-31,34,39-40,53,60H,6,9,12-13,15-18,20-22,27-29H2,1-3H3,(H,52,54)(H,55,59)/t31?,39-,40+,49?/m1/s1. The van der Waals surface area contributed by atoms with Crippen molar-refractivity contribution in [2.24, 2.45) is 11.3 Å². The van der Waals surface area contributed by atoms with Crippen LogP contribution in [0.15, 0.2) is 77.8 Å². The van der Waals surface area contributed by atoms with Gasteiger partial charge in [0.1, 0.15) is 18.0 Å².